The number of aryl methyl sites for hydroxylation is 1. The molecular formula is C23H15F6NO2. The van der Waals surface area contributed by atoms with Crippen molar-refractivity contribution < 1.29 is 36.2 Å². The Morgan fingerprint density at radius 1 is 0.969 bits per heavy atom. The van der Waals surface area contributed by atoms with Gasteiger partial charge in [-0.05, 0) is 17.5 Å². The molecule has 0 atom stereocenters. The standard InChI is InChI=1S/C23H15F6NO2/c1-2-3-12-4-6-13(7-5-12)20-19(31)10-18(26)21(22(20)27)23(28,29)32-14-8-16(24)15(11-30)17(25)9-14/h4-10,31H,2-3H2,1H3. The van der Waals surface area contributed by atoms with E-state index >= 15 is 4.39 Å². The predicted molar refractivity (Wildman–Crippen MR) is 103 cm³/mol. The van der Waals surface area contributed by atoms with Crippen LogP contribution in [0.1, 0.15) is 30.0 Å². The molecule has 0 bridgehead atoms. The number of hydrogen-bond acceptors (Lipinski definition) is 3. The Morgan fingerprint density at radius 2 is 1.56 bits per heavy atom. The lowest BCUT2D eigenvalue weighted by molar-refractivity contribution is -0.189. The summed E-state index contributed by atoms with van der Waals surface area (Å²) in [5.41, 5.74) is -2.68. The molecule has 0 amide bonds. The van der Waals surface area contributed by atoms with Crippen LogP contribution < -0.4 is 4.74 Å². The van der Waals surface area contributed by atoms with E-state index in [1.807, 2.05) is 6.92 Å². The molecule has 0 heterocycles. The molecule has 0 aromatic heterocycles. The molecule has 0 fully saturated rings. The second kappa shape index (κ2) is 8.83. The highest BCUT2D eigenvalue weighted by molar-refractivity contribution is 5.72. The van der Waals surface area contributed by atoms with Crippen LogP contribution in [0.5, 0.6) is 11.5 Å². The second-order valence-electron chi connectivity index (χ2n) is 6.88. The van der Waals surface area contributed by atoms with Crippen LogP contribution in [0.3, 0.4) is 0 Å². The van der Waals surface area contributed by atoms with Gasteiger partial charge in [0.05, 0.1) is 5.56 Å². The minimum Gasteiger partial charge on any atom is -0.507 e. The molecule has 3 nitrogen and oxygen atoms in total. The molecule has 0 radical (unpaired) electrons. The number of rotatable bonds is 6. The molecule has 3 aromatic carbocycles. The lowest BCUT2D eigenvalue weighted by Gasteiger charge is -2.21. The van der Waals surface area contributed by atoms with Crippen LogP contribution in [0.15, 0.2) is 42.5 Å². The minimum absolute atomic E-state index is 0.00682. The Labute approximate surface area is 179 Å². The van der Waals surface area contributed by atoms with Crippen molar-refractivity contribution in [3.63, 3.8) is 0 Å². The zero-order valence-electron chi connectivity index (χ0n) is 16.5. The molecule has 32 heavy (non-hydrogen) atoms. The number of ether oxygens (including phenoxy) is 1. The van der Waals surface area contributed by atoms with Crippen molar-refractivity contribution in [2.45, 2.75) is 25.9 Å². The fourth-order valence-corrected chi connectivity index (χ4v) is 3.19. The van der Waals surface area contributed by atoms with Crippen molar-refractivity contribution >= 4 is 0 Å². The zero-order chi connectivity index (χ0) is 23.6. The molecule has 9 heteroatoms. The summed E-state index contributed by atoms with van der Waals surface area (Å²) in [6.07, 6.45) is -3.17. The SMILES string of the molecule is CCCc1ccc(-c2c(O)cc(F)c(C(F)(F)Oc3cc(F)c(C#N)c(F)c3)c2F)cc1. The minimum atomic E-state index is -4.72. The van der Waals surface area contributed by atoms with E-state index in [0.717, 1.165) is 12.0 Å². The van der Waals surface area contributed by atoms with Crippen LogP contribution in [-0.2, 0) is 12.5 Å². The quantitative estimate of drug-likeness (QED) is 0.432. The Hall–Kier alpha value is -3.67. The molecular weight excluding hydrogens is 436 g/mol. The van der Waals surface area contributed by atoms with Gasteiger partial charge in [-0.3, -0.25) is 0 Å². The average molecular weight is 451 g/mol. The van der Waals surface area contributed by atoms with Gasteiger partial charge in [0.2, 0.25) is 0 Å². The van der Waals surface area contributed by atoms with Gasteiger partial charge in [0, 0.05) is 18.2 Å². The van der Waals surface area contributed by atoms with Crippen molar-refractivity contribution in [2.24, 2.45) is 0 Å². The number of alkyl halides is 2. The first kappa shape index (κ1) is 23.0. The Kier molecular flexibility index (Phi) is 6.35. The normalized spacial score (nSPS) is 11.3. The number of hydrogen-bond donors (Lipinski definition) is 1. The third kappa shape index (κ3) is 4.35. The fraction of sp³-hybridized carbons (Fsp3) is 0.174. The molecule has 3 aromatic rings. The molecule has 1 N–H and O–H groups in total. The number of benzene rings is 3. The number of phenols is 1. The Balaban J connectivity index is 2.07. The van der Waals surface area contributed by atoms with E-state index in [0.29, 0.717) is 24.6 Å². The van der Waals surface area contributed by atoms with Crippen LogP contribution in [0.2, 0.25) is 0 Å². The average Bonchev–Trinajstić information content (AvgIpc) is 2.68. The highest BCUT2D eigenvalue weighted by Crippen LogP contribution is 2.42. The monoisotopic (exact) mass is 451 g/mol. The van der Waals surface area contributed by atoms with Gasteiger partial charge in [-0.25, -0.2) is 17.6 Å². The number of nitriles is 1. The zero-order valence-corrected chi connectivity index (χ0v) is 16.5. The Morgan fingerprint density at radius 3 is 2.09 bits per heavy atom. The van der Waals surface area contributed by atoms with E-state index in [2.05, 4.69) is 4.74 Å². The summed E-state index contributed by atoms with van der Waals surface area (Å²) in [5, 5.41) is 18.7. The number of phenolic OH excluding ortho intramolecular Hbond substituents is 1. The van der Waals surface area contributed by atoms with E-state index in [4.69, 9.17) is 5.26 Å². The smallest absolute Gasteiger partial charge is 0.432 e. The maximum atomic E-state index is 15.1. The number of aromatic hydroxyl groups is 1. The molecule has 0 unspecified atom stereocenters. The highest BCUT2D eigenvalue weighted by Gasteiger charge is 2.43. The van der Waals surface area contributed by atoms with Gasteiger partial charge in [-0.2, -0.15) is 14.0 Å². The van der Waals surface area contributed by atoms with E-state index < -0.39 is 57.6 Å². The molecule has 0 aliphatic heterocycles. The number of halogens is 6. The van der Waals surface area contributed by atoms with Gasteiger partial charge in [-0.1, -0.05) is 37.6 Å². The van der Waals surface area contributed by atoms with E-state index in [-0.39, 0.29) is 5.56 Å². The third-order valence-corrected chi connectivity index (χ3v) is 4.64. The first-order valence-electron chi connectivity index (χ1n) is 9.35. The molecule has 0 saturated carbocycles. The van der Waals surface area contributed by atoms with Crippen molar-refractivity contribution in [1.29, 1.82) is 5.26 Å². The van der Waals surface area contributed by atoms with Crippen molar-refractivity contribution in [1.82, 2.24) is 0 Å². The van der Waals surface area contributed by atoms with Crippen molar-refractivity contribution in [3.8, 4) is 28.7 Å². The molecule has 3 rings (SSSR count). The van der Waals surface area contributed by atoms with Crippen molar-refractivity contribution in [3.05, 3.63) is 82.4 Å². The van der Waals surface area contributed by atoms with Crippen LogP contribution in [0, 0.1) is 34.6 Å². The highest BCUT2D eigenvalue weighted by atomic mass is 19.3. The van der Waals surface area contributed by atoms with Gasteiger partial charge in [0.15, 0.2) is 5.82 Å². The summed E-state index contributed by atoms with van der Waals surface area (Å²) in [6, 6.07) is 8.07. The van der Waals surface area contributed by atoms with Gasteiger partial charge >= 0.3 is 6.11 Å². The summed E-state index contributed by atoms with van der Waals surface area (Å²) in [7, 11) is 0. The summed E-state index contributed by atoms with van der Waals surface area (Å²) in [5.74, 6) is -8.62. The predicted octanol–water partition coefficient (Wildman–Crippen LogP) is 6.57. The Bertz CT molecular complexity index is 1180. The molecule has 166 valence electrons. The van der Waals surface area contributed by atoms with Gasteiger partial charge < -0.3 is 9.84 Å². The molecule has 0 spiro atoms. The van der Waals surface area contributed by atoms with Crippen LogP contribution in [0.4, 0.5) is 26.3 Å². The molecule has 0 aliphatic rings. The summed E-state index contributed by atoms with van der Waals surface area (Å²) < 4.78 is 90.4. The van der Waals surface area contributed by atoms with E-state index in [1.165, 1.54) is 18.2 Å². The summed E-state index contributed by atoms with van der Waals surface area (Å²) in [6.45, 7) is 1.94. The first-order chi connectivity index (χ1) is 15.1. The third-order valence-electron chi connectivity index (χ3n) is 4.64. The van der Waals surface area contributed by atoms with Crippen molar-refractivity contribution in [2.75, 3.05) is 0 Å². The molecule has 0 aliphatic carbocycles. The maximum Gasteiger partial charge on any atom is 0.432 e. The lowest BCUT2D eigenvalue weighted by Crippen LogP contribution is -2.25. The van der Waals surface area contributed by atoms with Gasteiger partial charge in [-0.15, -0.1) is 0 Å². The molecule has 0 saturated heterocycles. The lowest BCUT2D eigenvalue weighted by atomic mass is 9.98. The summed E-state index contributed by atoms with van der Waals surface area (Å²) in [4.78, 5) is 0. The first-order valence-corrected chi connectivity index (χ1v) is 9.35. The fourth-order valence-electron chi connectivity index (χ4n) is 3.19. The van der Waals surface area contributed by atoms with Crippen LogP contribution >= 0.6 is 0 Å². The maximum absolute atomic E-state index is 15.1. The summed E-state index contributed by atoms with van der Waals surface area (Å²) >= 11 is 0. The van der Waals surface area contributed by atoms with Gasteiger partial charge in [0.25, 0.3) is 0 Å². The van der Waals surface area contributed by atoms with Crippen LogP contribution in [-0.4, -0.2) is 5.11 Å². The number of nitrogens with zero attached hydrogens (tertiary/aromatic N) is 1. The van der Waals surface area contributed by atoms with Crippen LogP contribution in [0.25, 0.3) is 11.1 Å². The second-order valence-corrected chi connectivity index (χ2v) is 6.88. The van der Waals surface area contributed by atoms with E-state index in [1.54, 1.807) is 12.1 Å². The van der Waals surface area contributed by atoms with E-state index in [9.17, 15) is 27.1 Å². The topological polar surface area (TPSA) is 53.2 Å². The largest absolute Gasteiger partial charge is 0.507 e. The van der Waals surface area contributed by atoms with Gasteiger partial charge in [0.1, 0.15) is 46.1 Å².